The number of hydrogen-bond acceptors (Lipinski definition) is 4. The number of aliphatic carboxylic acids is 1. The van der Waals surface area contributed by atoms with Gasteiger partial charge in [-0.2, -0.15) is 0 Å². The highest BCUT2D eigenvalue weighted by atomic mass is 35.5. The number of fused-ring (bicyclic) bond motifs is 1. The zero-order valence-electron chi connectivity index (χ0n) is 11.0. The number of carboxylic acid groups (broad SMARTS) is 1. The van der Waals surface area contributed by atoms with Gasteiger partial charge >= 0.3 is 5.97 Å². The van der Waals surface area contributed by atoms with Crippen LogP contribution >= 0.6 is 35.0 Å². The van der Waals surface area contributed by atoms with Crippen molar-refractivity contribution in [3.63, 3.8) is 0 Å². The van der Waals surface area contributed by atoms with Crippen molar-refractivity contribution in [3.8, 4) is 11.3 Å². The van der Waals surface area contributed by atoms with Crippen LogP contribution in [0.25, 0.3) is 22.2 Å². The van der Waals surface area contributed by atoms with Crippen LogP contribution in [-0.2, 0) is 4.79 Å². The van der Waals surface area contributed by atoms with Crippen LogP contribution in [0, 0.1) is 0 Å². The lowest BCUT2D eigenvalue weighted by Crippen LogP contribution is -1.97. The number of carbonyl (C=O) groups is 1. The zero-order valence-corrected chi connectivity index (χ0v) is 13.4. The van der Waals surface area contributed by atoms with Crippen LogP contribution in [0.2, 0.25) is 10.0 Å². The second-order valence-corrected chi connectivity index (χ2v) is 6.31. The lowest BCUT2D eigenvalue weighted by molar-refractivity contribution is -0.133. The van der Waals surface area contributed by atoms with Crippen molar-refractivity contribution in [2.45, 2.75) is 4.90 Å². The van der Waals surface area contributed by atoms with E-state index in [2.05, 4.69) is 5.16 Å². The van der Waals surface area contributed by atoms with E-state index in [4.69, 9.17) is 32.8 Å². The fourth-order valence-electron chi connectivity index (χ4n) is 2.02. The van der Waals surface area contributed by atoms with Crippen LogP contribution in [0.3, 0.4) is 0 Å². The summed E-state index contributed by atoms with van der Waals surface area (Å²) in [5.74, 6) is -0.968. The van der Waals surface area contributed by atoms with E-state index in [1.54, 1.807) is 18.2 Å². The van der Waals surface area contributed by atoms with E-state index >= 15 is 0 Å². The van der Waals surface area contributed by atoms with Crippen LogP contribution in [0.1, 0.15) is 0 Å². The molecule has 0 saturated carbocycles. The van der Waals surface area contributed by atoms with Gasteiger partial charge in [0.1, 0.15) is 10.7 Å². The predicted molar refractivity (Wildman–Crippen MR) is 87.8 cm³/mol. The van der Waals surface area contributed by atoms with Crippen molar-refractivity contribution in [2.24, 2.45) is 0 Å². The van der Waals surface area contributed by atoms with E-state index in [9.17, 15) is 4.79 Å². The summed E-state index contributed by atoms with van der Waals surface area (Å²) < 4.78 is 5.34. The molecular weight excluding hydrogens is 345 g/mol. The molecule has 0 atom stereocenters. The summed E-state index contributed by atoms with van der Waals surface area (Å²) in [4.78, 5) is 11.3. The van der Waals surface area contributed by atoms with Gasteiger partial charge in [0.05, 0.1) is 11.1 Å². The van der Waals surface area contributed by atoms with Crippen LogP contribution in [0.4, 0.5) is 0 Å². The smallest absolute Gasteiger partial charge is 0.313 e. The summed E-state index contributed by atoms with van der Waals surface area (Å²) in [5, 5.41) is 14.6. The maximum atomic E-state index is 10.7. The second kappa shape index (κ2) is 6.20. The van der Waals surface area contributed by atoms with E-state index < -0.39 is 5.97 Å². The van der Waals surface area contributed by atoms with E-state index in [0.717, 1.165) is 22.7 Å². The normalized spacial score (nSPS) is 11.0. The fraction of sp³-hybridized carbons (Fsp3) is 0.0667. The van der Waals surface area contributed by atoms with Gasteiger partial charge in [0.15, 0.2) is 5.58 Å². The van der Waals surface area contributed by atoms with Crippen molar-refractivity contribution in [2.75, 3.05) is 5.75 Å². The fourth-order valence-corrected chi connectivity index (χ4v) is 3.17. The zero-order chi connectivity index (χ0) is 15.7. The van der Waals surface area contributed by atoms with Crippen molar-refractivity contribution >= 4 is 51.9 Å². The average Bonchev–Trinajstić information content (AvgIpc) is 2.92. The molecule has 0 saturated heterocycles. The number of thioether (sulfide) groups is 1. The molecule has 0 bridgehead atoms. The first kappa shape index (κ1) is 15.2. The Morgan fingerprint density at radius 1 is 1.18 bits per heavy atom. The third-order valence-corrected chi connectivity index (χ3v) is 4.80. The molecule has 0 fully saturated rings. The van der Waals surface area contributed by atoms with E-state index in [0.29, 0.717) is 26.2 Å². The summed E-state index contributed by atoms with van der Waals surface area (Å²) in [7, 11) is 0. The number of halogens is 2. The maximum Gasteiger partial charge on any atom is 0.313 e. The highest BCUT2D eigenvalue weighted by Crippen LogP contribution is 2.38. The van der Waals surface area contributed by atoms with Crippen molar-refractivity contribution in [1.29, 1.82) is 0 Å². The van der Waals surface area contributed by atoms with Gasteiger partial charge in [-0.1, -0.05) is 40.5 Å². The predicted octanol–water partition coefficient (Wildman–Crippen LogP) is 4.98. The number of hydrogen-bond donors (Lipinski definition) is 1. The Labute approximate surface area is 140 Å². The van der Waals surface area contributed by atoms with Gasteiger partial charge in [0.2, 0.25) is 0 Å². The molecular formula is C15H9Cl2NO3S. The Balaban J connectivity index is 2.03. The standard InChI is InChI=1S/C15H9Cl2NO3S/c16-9-3-1-8(2-4-9)14-10-5-6-11(22-7-12(19)20)13(17)15(10)21-18-14/h1-6H,7H2,(H,19,20). The van der Waals surface area contributed by atoms with Crippen LogP contribution in [0.5, 0.6) is 0 Å². The molecule has 1 aromatic heterocycles. The number of benzene rings is 2. The molecule has 22 heavy (non-hydrogen) atoms. The van der Waals surface area contributed by atoms with Gasteiger partial charge in [0, 0.05) is 15.5 Å². The van der Waals surface area contributed by atoms with Crippen molar-refractivity contribution < 1.29 is 14.4 Å². The quantitative estimate of drug-likeness (QED) is 0.670. The summed E-state index contributed by atoms with van der Waals surface area (Å²) in [5.41, 5.74) is 1.98. The first-order chi connectivity index (χ1) is 10.6. The van der Waals surface area contributed by atoms with Gasteiger partial charge in [-0.15, -0.1) is 11.8 Å². The molecule has 0 aliphatic heterocycles. The topological polar surface area (TPSA) is 63.3 Å². The molecule has 3 rings (SSSR count). The Morgan fingerprint density at radius 3 is 2.59 bits per heavy atom. The van der Waals surface area contributed by atoms with Crippen LogP contribution in [-0.4, -0.2) is 22.0 Å². The van der Waals surface area contributed by atoms with Gasteiger partial charge in [0.25, 0.3) is 0 Å². The molecule has 1 heterocycles. The molecule has 3 aromatic rings. The van der Waals surface area contributed by atoms with E-state index in [1.807, 2.05) is 18.2 Å². The molecule has 0 radical (unpaired) electrons. The van der Waals surface area contributed by atoms with E-state index in [-0.39, 0.29) is 5.75 Å². The van der Waals surface area contributed by atoms with Gasteiger partial charge in [-0.05, 0) is 24.3 Å². The average molecular weight is 354 g/mol. The number of aromatic nitrogens is 1. The minimum atomic E-state index is -0.902. The van der Waals surface area contributed by atoms with Crippen molar-refractivity contribution in [3.05, 3.63) is 46.4 Å². The Hall–Kier alpha value is -1.69. The largest absolute Gasteiger partial charge is 0.481 e. The minimum Gasteiger partial charge on any atom is -0.481 e. The van der Waals surface area contributed by atoms with Gasteiger partial charge in [-0.3, -0.25) is 4.79 Å². The summed E-state index contributed by atoms with van der Waals surface area (Å²) in [6.07, 6.45) is 0. The van der Waals surface area contributed by atoms with Gasteiger partial charge < -0.3 is 9.63 Å². The Bertz CT molecular complexity index is 846. The van der Waals surface area contributed by atoms with Crippen LogP contribution < -0.4 is 0 Å². The monoisotopic (exact) mass is 353 g/mol. The third kappa shape index (κ3) is 2.92. The molecule has 0 amide bonds. The maximum absolute atomic E-state index is 10.7. The molecule has 7 heteroatoms. The summed E-state index contributed by atoms with van der Waals surface area (Å²) in [6, 6.07) is 10.8. The van der Waals surface area contributed by atoms with Crippen LogP contribution in [0.15, 0.2) is 45.8 Å². The number of carboxylic acids is 1. The second-order valence-electron chi connectivity index (χ2n) is 4.47. The summed E-state index contributed by atoms with van der Waals surface area (Å²) in [6.45, 7) is 0. The highest BCUT2D eigenvalue weighted by Gasteiger charge is 2.16. The molecule has 0 aliphatic rings. The lowest BCUT2D eigenvalue weighted by atomic mass is 10.1. The molecule has 112 valence electrons. The molecule has 0 aliphatic carbocycles. The minimum absolute atomic E-state index is 0.0661. The van der Waals surface area contributed by atoms with Gasteiger partial charge in [-0.25, -0.2) is 0 Å². The first-order valence-electron chi connectivity index (χ1n) is 6.24. The SMILES string of the molecule is O=C(O)CSc1ccc2c(-c3ccc(Cl)cc3)noc2c1Cl. The lowest BCUT2D eigenvalue weighted by Gasteiger charge is -2.02. The molecule has 0 spiro atoms. The Morgan fingerprint density at radius 2 is 1.91 bits per heavy atom. The first-order valence-corrected chi connectivity index (χ1v) is 7.99. The van der Waals surface area contributed by atoms with Crippen molar-refractivity contribution in [1.82, 2.24) is 5.16 Å². The molecule has 1 N–H and O–H groups in total. The summed E-state index contributed by atoms with van der Waals surface area (Å²) >= 11 is 13.3. The van der Waals surface area contributed by atoms with E-state index in [1.165, 1.54) is 0 Å². The molecule has 0 unspecified atom stereocenters. The third-order valence-electron chi connectivity index (χ3n) is 3.01. The highest BCUT2D eigenvalue weighted by molar-refractivity contribution is 8.00. The molecule has 4 nitrogen and oxygen atoms in total. The number of rotatable bonds is 4. The number of nitrogens with zero attached hydrogens (tertiary/aromatic N) is 1. The Kier molecular flexibility index (Phi) is 4.29. The molecule has 2 aromatic carbocycles.